The zero-order valence-electron chi connectivity index (χ0n) is 7.17. The van der Waals surface area contributed by atoms with Crippen LogP contribution in [0.1, 0.15) is 0 Å². The summed E-state index contributed by atoms with van der Waals surface area (Å²) < 4.78 is 5.88. The molecule has 3 N–H and O–H groups in total. The second-order valence-corrected chi connectivity index (χ2v) is 2.60. The summed E-state index contributed by atoms with van der Waals surface area (Å²) in [6.45, 7) is 1.03. The Labute approximate surface area is 77.7 Å². The topological polar surface area (TPSA) is 116 Å². The molecule has 74 valence electrons. The molecule has 0 radical (unpaired) electrons. The van der Waals surface area contributed by atoms with E-state index >= 15 is 0 Å². The third-order valence-corrected chi connectivity index (χ3v) is 1.58. The first-order valence-corrected chi connectivity index (χ1v) is 3.96. The van der Waals surface area contributed by atoms with Gasteiger partial charge in [0.1, 0.15) is 0 Å². The van der Waals surface area contributed by atoms with E-state index in [2.05, 4.69) is 25.0 Å². The fourth-order valence-electron chi connectivity index (χ4n) is 0.989. The van der Waals surface area contributed by atoms with Crippen molar-refractivity contribution in [1.29, 1.82) is 0 Å². The molecule has 0 atom stereocenters. The quantitative estimate of drug-likeness (QED) is 0.622. The normalized spacial score (nSPS) is 10.6. The fourth-order valence-corrected chi connectivity index (χ4v) is 0.989. The van der Waals surface area contributed by atoms with E-state index in [0.29, 0.717) is 18.8 Å². The van der Waals surface area contributed by atoms with Crippen molar-refractivity contribution in [3.8, 4) is 11.5 Å². The number of hydrogen-bond acceptors (Lipinski definition) is 6. The van der Waals surface area contributed by atoms with Gasteiger partial charge in [-0.05, 0) is 0 Å². The van der Waals surface area contributed by atoms with E-state index in [4.69, 9.17) is 5.73 Å². The molecule has 0 aromatic carbocycles. The van der Waals surface area contributed by atoms with Crippen molar-refractivity contribution in [3.05, 3.63) is 16.7 Å². The average molecular weight is 196 g/mol. The molecule has 8 heteroatoms. The number of nitrogens with one attached hydrogen (secondary N) is 1. The molecule has 2 heterocycles. The van der Waals surface area contributed by atoms with Gasteiger partial charge in [0.05, 0.1) is 12.7 Å². The lowest BCUT2D eigenvalue weighted by molar-refractivity contribution is 0.387. The lowest BCUT2D eigenvalue weighted by Gasteiger charge is -1.91. The minimum Gasteiger partial charge on any atom is -0.329 e. The van der Waals surface area contributed by atoms with Crippen molar-refractivity contribution < 1.29 is 4.52 Å². The first-order chi connectivity index (χ1) is 6.79. The van der Waals surface area contributed by atoms with Crippen LogP contribution in [0.4, 0.5) is 0 Å². The molecule has 0 amide bonds. The monoisotopic (exact) mass is 196 g/mol. The molecule has 0 saturated heterocycles. The van der Waals surface area contributed by atoms with Gasteiger partial charge in [0, 0.05) is 6.54 Å². The standard InChI is InChI=1S/C6H8N6O2/c7-1-2-12-3-4(9-11-12)5-8-6(13)14-10-5/h3H,1-2,7H2,(H,8,10,13). The van der Waals surface area contributed by atoms with Crippen LogP contribution < -0.4 is 11.5 Å². The number of hydrogen-bond donors (Lipinski definition) is 2. The summed E-state index contributed by atoms with van der Waals surface area (Å²) in [6.07, 6.45) is 1.63. The third kappa shape index (κ3) is 1.55. The summed E-state index contributed by atoms with van der Waals surface area (Å²) in [5.41, 5.74) is 5.78. The number of aromatic amines is 1. The van der Waals surface area contributed by atoms with Gasteiger partial charge in [-0.25, -0.2) is 4.79 Å². The smallest absolute Gasteiger partial charge is 0.329 e. The van der Waals surface area contributed by atoms with Crippen LogP contribution in [0, 0.1) is 0 Å². The van der Waals surface area contributed by atoms with Crippen molar-refractivity contribution in [2.75, 3.05) is 6.54 Å². The van der Waals surface area contributed by atoms with E-state index in [9.17, 15) is 4.79 Å². The van der Waals surface area contributed by atoms with Crippen LogP contribution in [0.25, 0.3) is 11.5 Å². The Morgan fingerprint density at radius 1 is 1.64 bits per heavy atom. The molecule has 2 aromatic rings. The lowest BCUT2D eigenvalue weighted by Crippen LogP contribution is -2.10. The summed E-state index contributed by atoms with van der Waals surface area (Å²) in [6, 6.07) is 0. The highest BCUT2D eigenvalue weighted by molar-refractivity contribution is 5.44. The minimum atomic E-state index is -0.617. The SMILES string of the molecule is NCCn1cc(-c2noc(=O)[nH]2)nn1. The predicted octanol–water partition coefficient (Wildman–Crippen LogP) is -1.42. The van der Waals surface area contributed by atoms with Gasteiger partial charge in [-0.3, -0.25) is 14.2 Å². The van der Waals surface area contributed by atoms with Crippen LogP contribution in [0.15, 0.2) is 15.5 Å². The second kappa shape index (κ2) is 3.42. The Hall–Kier alpha value is -1.96. The van der Waals surface area contributed by atoms with Gasteiger partial charge in [-0.15, -0.1) is 5.10 Å². The summed E-state index contributed by atoms with van der Waals surface area (Å²) in [7, 11) is 0. The van der Waals surface area contributed by atoms with Gasteiger partial charge in [-0.2, -0.15) is 0 Å². The molecule has 2 rings (SSSR count). The first kappa shape index (κ1) is 8.63. The maximum Gasteiger partial charge on any atom is 0.439 e. The van der Waals surface area contributed by atoms with Crippen LogP contribution in [0.3, 0.4) is 0 Å². The van der Waals surface area contributed by atoms with Crippen LogP contribution in [0.2, 0.25) is 0 Å². The van der Waals surface area contributed by atoms with Crippen molar-refractivity contribution >= 4 is 0 Å². The Bertz CT molecular complexity index is 468. The highest BCUT2D eigenvalue weighted by Gasteiger charge is 2.08. The highest BCUT2D eigenvalue weighted by atomic mass is 16.5. The molecule has 0 saturated carbocycles. The number of H-pyrrole nitrogens is 1. The zero-order valence-corrected chi connectivity index (χ0v) is 7.17. The molecule has 0 spiro atoms. The molecule has 0 aliphatic heterocycles. The molecule has 0 aliphatic carbocycles. The zero-order chi connectivity index (χ0) is 9.97. The molecule has 8 nitrogen and oxygen atoms in total. The van der Waals surface area contributed by atoms with Crippen LogP contribution >= 0.6 is 0 Å². The van der Waals surface area contributed by atoms with E-state index < -0.39 is 5.76 Å². The number of nitrogens with zero attached hydrogens (tertiary/aromatic N) is 4. The number of aromatic nitrogens is 5. The molecule has 0 unspecified atom stereocenters. The predicted molar refractivity (Wildman–Crippen MR) is 45.2 cm³/mol. The van der Waals surface area contributed by atoms with Gasteiger partial charge in [0.15, 0.2) is 5.69 Å². The van der Waals surface area contributed by atoms with Crippen molar-refractivity contribution in [2.45, 2.75) is 6.54 Å². The molecular formula is C6H8N6O2. The van der Waals surface area contributed by atoms with Crippen molar-refractivity contribution in [2.24, 2.45) is 5.73 Å². The van der Waals surface area contributed by atoms with Crippen LogP contribution in [-0.2, 0) is 6.54 Å². The van der Waals surface area contributed by atoms with E-state index in [-0.39, 0.29) is 5.82 Å². The van der Waals surface area contributed by atoms with E-state index in [1.165, 1.54) is 0 Å². The molecule has 14 heavy (non-hydrogen) atoms. The summed E-state index contributed by atoms with van der Waals surface area (Å²) in [4.78, 5) is 13.0. The van der Waals surface area contributed by atoms with Gasteiger partial charge in [0.25, 0.3) is 0 Å². The van der Waals surface area contributed by atoms with Gasteiger partial charge >= 0.3 is 5.76 Å². The first-order valence-electron chi connectivity index (χ1n) is 3.96. The summed E-state index contributed by atoms with van der Waals surface area (Å²) in [5, 5.41) is 11.0. The van der Waals surface area contributed by atoms with E-state index in [1.54, 1.807) is 10.9 Å². The molecule has 0 fully saturated rings. The van der Waals surface area contributed by atoms with Crippen LogP contribution in [0.5, 0.6) is 0 Å². The minimum absolute atomic E-state index is 0.262. The van der Waals surface area contributed by atoms with Crippen molar-refractivity contribution in [3.63, 3.8) is 0 Å². The fraction of sp³-hybridized carbons (Fsp3) is 0.333. The molecular weight excluding hydrogens is 188 g/mol. The molecule has 0 aliphatic rings. The maximum atomic E-state index is 10.6. The second-order valence-electron chi connectivity index (χ2n) is 2.60. The average Bonchev–Trinajstić information content (AvgIpc) is 2.74. The van der Waals surface area contributed by atoms with E-state index in [1.807, 2.05) is 0 Å². The number of rotatable bonds is 3. The van der Waals surface area contributed by atoms with E-state index in [0.717, 1.165) is 0 Å². The Morgan fingerprint density at radius 2 is 2.50 bits per heavy atom. The highest BCUT2D eigenvalue weighted by Crippen LogP contribution is 2.06. The maximum absolute atomic E-state index is 10.6. The summed E-state index contributed by atoms with van der Waals surface area (Å²) in [5.74, 6) is -0.355. The third-order valence-electron chi connectivity index (χ3n) is 1.58. The van der Waals surface area contributed by atoms with Gasteiger partial charge in [0.2, 0.25) is 5.82 Å². The number of nitrogens with two attached hydrogens (primary N) is 1. The van der Waals surface area contributed by atoms with Gasteiger partial charge in [-0.1, -0.05) is 10.4 Å². The molecule has 2 aromatic heterocycles. The van der Waals surface area contributed by atoms with Crippen LogP contribution in [-0.4, -0.2) is 31.7 Å². The Balaban J connectivity index is 2.28. The summed E-state index contributed by atoms with van der Waals surface area (Å²) >= 11 is 0. The lowest BCUT2D eigenvalue weighted by atomic mass is 10.4. The Kier molecular flexibility index (Phi) is 2.11. The largest absolute Gasteiger partial charge is 0.439 e. The van der Waals surface area contributed by atoms with Crippen molar-refractivity contribution in [1.82, 2.24) is 25.1 Å². The van der Waals surface area contributed by atoms with Gasteiger partial charge < -0.3 is 5.73 Å². The Morgan fingerprint density at radius 3 is 3.14 bits per heavy atom. The molecule has 0 bridgehead atoms.